The Morgan fingerprint density at radius 1 is 0.778 bits per heavy atom. The number of alkyl halides is 3. The monoisotopic (exact) mass is 364 g/mol. The van der Waals surface area contributed by atoms with E-state index in [0.29, 0.717) is 22.2 Å². The van der Waals surface area contributed by atoms with Gasteiger partial charge in [0.25, 0.3) is 0 Å². The lowest BCUT2D eigenvalue weighted by molar-refractivity contribution is -0.136. The molecule has 4 rings (SSSR count). The van der Waals surface area contributed by atoms with Crippen molar-refractivity contribution < 1.29 is 13.2 Å². The van der Waals surface area contributed by atoms with E-state index in [9.17, 15) is 13.2 Å². The normalized spacial score (nSPS) is 11.7. The molecule has 0 amide bonds. The zero-order chi connectivity index (χ0) is 19.0. The van der Waals surface area contributed by atoms with Gasteiger partial charge in [-0.15, -0.1) is 0 Å². The first kappa shape index (κ1) is 17.2. The fourth-order valence-corrected chi connectivity index (χ4v) is 3.20. The summed E-state index contributed by atoms with van der Waals surface area (Å²) in [5.74, 6) is 0. The molecule has 0 saturated carbocycles. The Hall–Kier alpha value is -3.21. The molecule has 0 saturated heterocycles. The number of fused-ring (bicyclic) bond motifs is 1. The highest BCUT2D eigenvalue weighted by Crippen LogP contribution is 2.45. The molecule has 0 atom stereocenters. The molecular weight excluding hydrogens is 349 g/mol. The highest BCUT2D eigenvalue weighted by molar-refractivity contribution is 5.98. The van der Waals surface area contributed by atoms with Crippen LogP contribution < -0.4 is 0 Å². The van der Waals surface area contributed by atoms with Crippen LogP contribution in [0.15, 0.2) is 72.9 Å². The molecule has 5 heteroatoms. The Balaban J connectivity index is 2.17. The maximum absolute atomic E-state index is 14.2. The smallest absolute Gasteiger partial charge is 0.237 e. The van der Waals surface area contributed by atoms with Crippen LogP contribution in [0, 0.1) is 6.92 Å². The van der Waals surface area contributed by atoms with E-state index in [0.717, 1.165) is 5.56 Å². The third-order valence-corrected chi connectivity index (χ3v) is 4.43. The summed E-state index contributed by atoms with van der Waals surface area (Å²) in [5, 5.41) is 0.383. The molecule has 0 spiro atoms. The van der Waals surface area contributed by atoms with Gasteiger partial charge >= 0.3 is 6.18 Å². The Labute approximate surface area is 154 Å². The second-order valence-electron chi connectivity index (χ2n) is 6.31. The van der Waals surface area contributed by atoms with Crippen LogP contribution in [-0.2, 0) is 6.18 Å². The molecule has 0 aliphatic rings. The molecule has 0 unspecified atom stereocenters. The number of nitrogens with zero attached hydrogens (tertiary/aromatic N) is 2. The molecule has 0 bridgehead atoms. The lowest BCUT2D eigenvalue weighted by Crippen LogP contribution is -2.12. The molecule has 0 aliphatic heterocycles. The van der Waals surface area contributed by atoms with E-state index in [1.807, 2.05) is 6.92 Å². The standard InChI is InChI=1S/C22H15F3N2/c1-14-9-11-15(12-10-14)18-17-8-5-13-26-21(17)27-20(19(18)22(23,24)25)16-6-3-2-4-7-16/h2-13H,1H3. The molecule has 0 aliphatic carbocycles. The minimum atomic E-state index is -4.57. The van der Waals surface area contributed by atoms with E-state index in [4.69, 9.17) is 0 Å². The Bertz CT molecular complexity index is 1100. The molecule has 2 aromatic carbocycles. The van der Waals surface area contributed by atoms with Crippen molar-refractivity contribution in [3.05, 3.63) is 84.1 Å². The average molecular weight is 364 g/mol. The number of halogens is 3. The summed E-state index contributed by atoms with van der Waals surface area (Å²) in [7, 11) is 0. The van der Waals surface area contributed by atoms with Crippen LogP contribution in [0.2, 0.25) is 0 Å². The van der Waals surface area contributed by atoms with E-state index in [-0.39, 0.29) is 11.3 Å². The van der Waals surface area contributed by atoms with E-state index in [2.05, 4.69) is 9.97 Å². The predicted molar refractivity (Wildman–Crippen MR) is 100 cm³/mol. The van der Waals surface area contributed by atoms with Crippen LogP contribution in [0.5, 0.6) is 0 Å². The Morgan fingerprint density at radius 2 is 1.48 bits per heavy atom. The van der Waals surface area contributed by atoms with Crippen molar-refractivity contribution in [2.24, 2.45) is 0 Å². The molecule has 2 heterocycles. The molecule has 0 radical (unpaired) electrons. The van der Waals surface area contributed by atoms with E-state index >= 15 is 0 Å². The molecular formula is C22H15F3N2. The number of hydrogen-bond donors (Lipinski definition) is 0. The summed E-state index contributed by atoms with van der Waals surface area (Å²) >= 11 is 0. The van der Waals surface area contributed by atoms with E-state index in [1.165, 1.54) is 6.20 Å². The first-order valence-corrected chi connectivity index (χ1v) is 8.43. The molecule has 27 heavy (non-hydrogen) atoms. The number of pyridine rings is 2. The van der Waals surface area contributed by atoms with Gasteiger partial charge in [-0.25, -0.2) is 9.97 Å². The van der Waals surface area contributed by atoms with Gasteiger partial charge in [-0.2, -0.15) is 13.2 Å². The first-order chi connectivity index (χ1) is 12.9. The van der Waals surface area contributed by atoms with Gasteiger partial charge in [-0.05, 0) is 24.6 Å². The lowest BCUT2D eigenvalue weighted by Gasteiger charge is -2.19. The third kappa shape index (κ3) is 3.16. The minimum absolute atomic E-state index is 0.107. The van der Waals surface area contributed by atoms with Gasteiger partial charge in [0.05, 0.1) is 11.3 Å². The first-order valence-electron chi connectivity index (χ1n) is 8.43. The van der Waals surface area contributed by atoms with Gasteiger partial charge in [0.2, 0.25) is 0 Å². The maximum atomic E-state index is 14.2. The topological polar surface area (TPSA) is 25.8 Å². The highest BCUT2D eigenvalue weighted by Gasteiger charge is 2.39. The Kier molecular flexibility index (Phi) is 4.15. The van der Waals surface area contributed by atoms with Gasteiger partial charge in [0, 0.05) is 22.7 Å². The van der Waals surface area contributed by atoms with Crippen molar-refractivity contribution in [1.82, 2.24) is 9.97 Å². The van der Waals surface area contributed by atoms with Gasteiger partial charge in [0.15, 0.2) is 5.65 Å². The predicted octanol–water partition coefficient (Wildman–Crippen LogP) is 6.29. The summed E-state index contributed by atoms with van der Waals surface area (Å²) in [6.45, 7) is 1.90. The maximum Gasteiger partial charge on any atom is 0.419 e. The molecule has 4 aromatic rings. The van der Waals surface area contributed by atoms with Crippen molar-refractivity contribution in [1.29, 1.82) is 0 Å². The second kappa shape index (κ2) is 6.50. The van der Waals surface area contributed by atoms with Crippen molar-refractivity contribution in [2.45, 2.75) is 13.1 Å². The van der Waals surface area contributed by atoms with Gasteiger partial charge in [-0.3, -0.25) is 0 Å². The minimum Gasteiger partial charge on any atom is -0.237 e. The van der Waals surface area contributed by atoms with E-state index < -0.39 is 11.7 Å². The zero-order valence-electron chi connectivity index (χ0n) is 14.5. The van der Waals surface area contributed by atoms with Crippen molar-refractivity contribution in [3.8, 4) is 22.4 Å². The average Bonchev–Trinajstić information content (AvgIpc) is 2.67. The lowest BCUT2D eigenvalue weighted by atomic mass is 9.92. The van der Waals surface area contributed by atoms with Crippen molar-refractivity contribution >= 4 is 11.0 Å². The van der Waals surface area contributed by atoms with Crippen LogP contribution in [0.25, 0.3) is 33.4 Å². The number of benzene rings is 2. The number of hydrogen-bond acceptors (Lipinski definition) is 2. The van der Waals surface area contributed by atoms with Gasteiger partial charge in [-0.1, -0.05) is 60.2 Å². The summed E-state index contributed by atoms with van der Waals surface area (Å²) < 4.78 is 42.7. The fourth-order valence-electron chi connectivity index (χ4n) is 3.20. The Morgan fingerprint density at radius 3 is 2.15 bits per heavy atom. The van der Waals surface area contributed by atoms with Crippen LogP contribution >= 0.6 is 0 Å². The number of aryl methyl sites for hydroxylation is 1. The molecule has 2 aromatic heterocycles. The molecule has 2 nitrogen and oxygen atoms in total. The van der Waals surface area contributed by atoms with Gasteiger partial charge in [0.1, 0.15) is 0 Å². The SMILES string of the molecule is Cc1ccc(-c2c(C(F)(F)F)c(-c3ccccc3)nc3ncccc23)cc1. The summed E-state index contributed by atoms with van der Waals surface area (Å²) in [5.41, 5.74) is 1.44. The van der Waals surface area contributed by atoms with Gasteiger partial charge < -0.3 is 0 Å². The largest absolute Gasteiger partial charge is 0.419 e. The molecule has 134 valence electrons. The van der Waals surface area contributed by atoms with Crippen molar-refractivity contribution in [2.75, 3.05) is 0 Å². The van der Waals surface area contributed by atoms with Crippen molar-refractivity contribution in [3.63, 3.8) is 0 Å². The van der Waals surface area contributed by atoms with Crippen LogP contribution in [0.3, 0.4) is 0 Å². The van der Waals surface area contributed by atoms with Crippen LogP contribution in [0.1, 0.15) is 11.1 Å². The third-order valence-electron chi connectivity index (χ3n) is 4.43. The van der Waals surface area contributed by atoms with Crippen LogP contribution in [0.4, 0.5) is 13.2 Å². The number of rotatable bonds is 2. The fraction of sp³-hybridized carbons (Fsp3) is 0.0909. The summed E-state index contributed by atoms with van der Waals surface area (Å²) in [6, 6.07) is 18.7. The second-order valence-corrected chi connectivity index (χ2v) is 6.31. The summed E-state index contributed by atoms with van der Waals surface area (Å²) in [6.07, 6.45) is -3.03. The zero-order valence-corrected chi connectivity index (χ0v) is 14.5. The van der Waals surface area contributed by atoms with E-state index in [1.54, 1.807) is 66.7 Å². The number of aromatic nitrogens is 2. The van der Waals surface area contributed by atoms with Crippen LogP contribution in [-0.4, -0.2) is 9.97 Å². The quantitative estimate of drug-likeness (QED) is 0.418. The molecule has 0 N–H and O–H groups in total. The molecule has 0 fully saturated rings. The highest BCUT2D eigenvalue weighted by atomic mass is 19.4. The summed E-state index contributed by atoms with van der Waals surface area (Å²) in [4.78, 5) is 8.50.